The minimum Gasteiger partial charge on any atom is -0.378 e. The van der Waals surface area contributed by atoms with Crippen molar-refractivity contribution in [3.63, 3.8) is 0 Å². The van der Waals surface area contributed by atoms with Gasteiger partial charge in [0.25, 0.3) is 0 Å². The van der Waals surface area contributed by atoms with Gasteiger partial charge in [-0.1, -0.05) is 28.4 Å². The summed E-state index contributed by atoms with van der Waals surface area (Å²) in [7, 11) is 0. The third-order valence-corrected chi connectivity index (χ3v) is 4.07. The van der Waals surface area contributed by atoms with Crippen LogP contribution in [0.3, 0.4) is 0 Å². The van der Waals surface area contributed by atoms with Crippen molar-refractivity contribution < 1.29 is 9.63 Å². The number of hydrogen-bond acceptors (Lipinski definition) is 5. The number of aliphatic hydroxyl groups excluding tert-OH is 1. The summed E-state index contributed by atoms with van der Waals surface area (Å²) in [5.74, 6) is 0.320. The van der Waals surface area contributed by atoms with Crippen LogP contribution >= 0.6 is 34.5 Å². The Bertz CT molecular complexity index is 728. The van der Waals surface area contributed by atoms with Gasteiger partial charge in [-0.25, -0.2) is 4.98 Å². The number of thiazole rings is 1. The van der Waals surface area contributed by atoms with Gasteiger partial charge in [0.2, 0.25) is 0 Å². The molecule has 0 aliphatic carbocycles. The normalized spacial score (nSPS) is 12.6. The van der Waals surface area contributed by atoms with E-state index in [1.54, 1.807) is 35.8 Å². The van der Waals surface area contributed by atoms with Crippen molar-refractivity contribution >= 4 is 34.5 Å². The first kappa shape index (κ1) is 13.6. The Morgan fingerprint density at radius 2 is 2.10 bits per heavy atom. The molecule has 1 unspecified atom stereocenters. The molecule has 0 radical (unpaired) electrons. The topological polar surface area (TPSA) is 59.2 Å². The second kappa shape index (κ2) is 5.54. The van der Waals surface area contributed by atoms with Crippen LogP contribution < -0.4 is 0 Å². The first-order valence-electron chi connectivity index (χ1n) is 5.64. The highest BCUT2D eigenvalue weighted by atomic mass is 35.5. The van der Waals surface area contributed by atoms with E-state index in [1.165, 1.54) is 11.3 Å². The van der Waals surface area contributed by atoms with Gasteiger partial charge < -0.3 is 9.63 Å². The quantitative estimate of drug-likeness (QED) is 0.784. The molecule has 0 amide bonds. The van der Waals surface area contributed by atoms with Crippen LogP contribution in [-0.4, -0.2) is 15.2 Å². The number of hydrogen-bond donors (Lipinski definition) is 1. The van der Waals surface area contributed by atoms with Crippen molar-refractivity contribution in [2.75, 3.05) is 0 Å². The standard InChI is InChI=1S/C13H8Cl2N2O2S/c14-7-1-2-8(9(15)5-7)10-6-11(19-17-10)12(18)13-16-3-4-20-13/h1-6,12,18H. The molecule has 0 spiro atoms. The number of nitrogens with zero attached hydrogens (tertiary/aromatic N) is 2. The van der Waals surface area contributed by atoms with Crippen molar-refractivity contribution in [3.05, 3.63) is 56.7 Å². The average molecular weight is 327 g/mol. The van der Waals surface area contributed by atoms with E-state index >= 15 is 0 Å². The lowest BCUT2D eigenvalue weighted by Crippen LogP contribution is -1.96. The zero-order valence-corrected chi connectivity index (χ0v) is 12.3. The number of benzene rings is 1. The van der Waals surface area contributed by atoms with E-state index < -0.39 is 6.10 Å². The Labute approximate surface area is 128 Å². The molecule has 0 bridgehead atoms. The van der Waals surface area contributed by atoms with Gasteiger partial charge in [-0.3, -0.25) is 0 Å². The molecule has 0 fully saturated rings. The molecule has 2 aromatic heterocycles. The Balaban J connectivity index is 1.94. The van der Waals surface area contributed by atoms with Crippen LogP contribution in [0.1, 0.15) is 16.9 Å². The largest absolute Gasteiger partial charge is 0.378 e. The van der Waals surface area contributed by atoms with Gasteiger partial charge in [-0.15, -0.1) is 11.3 Å². The Hall–Kier alpha value is -1.40. The van der Waals surface area contributed by atoms with Crippen LogP contribution in [0.25, 0.3) is 11.3 Å². The second-order valence-corrected chi connectivity index (χ2v) is 5.78. The van der Waals surface area contributed by atoms with E-state index in [9.17, 15) is 5.11 Å². The highest BCUT2D eigenvalue weighted by molar-refractivity contribution is 7.09. The summed E-state index contributed by atoms with van der Waals surface area (Å²) in [6, 6.07) is 6.74. The predicted octanol–water partition coefficient (Wildman–Crippen LogP) is 4.19. The zero-order chi connectivity index (χ0) is 14.1. The van der Waals surface area contributed by atoms with Crippen LogP contribution in [0.2, 0.25) is 10.0 Å². The minimum absolute atomic E-state index is 0.320. The fourth-order valence-corrected chi connectivity index (χ4v) is 2.87. The van der Waals surface area contributed by atoms with Gasteiger partial charge in [0, 0.05) is 28.2 Å². The van der Waals surface area contributed by atoms with E-state index in [4.69, 9.17) is 27.7 Å². The van der Waals surface area contributed by atoms with E-state index in [0.717, 1.165) is 0 Å². The molecule has 7 heteroatoms. The summed E-state index contributed by atoms with van der Waals surface area (Å²) in [6.45, 7) is 0. The molecule has 2 heterocycles. The van der Waals surface area contributed by atoms with E-state index in [1.807, 2.05) is 0 Å². The number of aliphatic hydroxyl groups is 1. The van der Waals surface area contributed by atoms with Gasteiger partial charge in [0.05, 0.1) is 5.02 Å². The van der Waals surface area contributed by atoms with Crippen molar-refractivity contribution in [2.45, 2.75) is 6.10 Å². The van der Waals surface area contributed by atoms with Crippen LogP contribution in [-0.2, 0) is 0 Å². The molecule has 3 aromatic rings. The molecular weight excluding hydrogens is 319 g/mol. The molecule has 3 rings (SSSR count). The molecule has 0 aliphatic heterocycles. The molecule has 0 saturated heterocycles. The van der Waals surface area contributed by atoms with Crippen LogP contribution in [0.5, 0.6) is 0 Å². The average Bonchev–Trinajstić information content (AvgIpc) is 3.09. The molecule has 102 valence electrons. The molecule has 20 heavy (non-hydrogen) atoms. The first-order valence-corrected chi connectivity index (χ1v) is 7.28. The van der Waals surface area contributed by atoms with Crippen molar-refractivity contribution in [3.8, 4) is 11.3 Å². The van der Waals surface area contributed by atoms with Gasteiger partial charge in [0.1, 0.15) is 10.7 Å². The highest BCUT2D eigenvalue weighted by Gasteiger charge is 2.19. The second-order valence-electron chi connectivity index (χ2n) is 4.01. The summed E-state index contributed by atoms with van der Waals surface area (Å²) < 4.78 is 5.16. The molecule has 0 aliphatic rings. The summed E-state index contributed by atoms with van der Waals surface area (Å²) in [6.07, 6.45) is 0.693. The predicted molar refractivity (Wildman–Crippen MR) is 78.1 cm³/mol. The Kier molecular flexibility index (Phi) is 3.76. The van der Waals surface area contributed by atoms with E-state index in [0.29, 0.717) is 32.1 Å². The molecule has 1 N–H and O–H groups in total. The lowest BCUT2D eigenvalue weighted by molar-refractivity contribution is 0.176. The first-order chi connectivity index (χ1) is 9.65. The van der Waals surface area contributed by atoms with Gasteiger partial charge in [-0.05, 0) is 18.2 Å². The molecule has 1 aromatic carbocycles. The summed E-state index contributed by atoms with van der Waals surface area (Å²) >= 11 is 13.3. The fourth-order valence-electron chi connectivity index (χ4n) is 1.73. The molecule has 0 saturated carbocycles. The Morgan fingerprint density at radius 1 is 1.25 bits per heavy atom. The zero-order valence-electron chi connectivity index (χ0n) is 9.96. The Morgan fingerprint density at radius 3 is 2.80 bits per heavy atom. The van der Waals surface area contributed by atoms with Crippen molar-refractivity contribution in [1.29, 1.82) is 0 Å². The highest BCUT2D eigenvalue weighted by Crippen LogP contribution is 2.32. The maximum Gasteiger partial charge on any atom is 0.172 e. The minimum atomic E-state index is -0.928. The summed E-state index contributed by atoms with van der Waals surface area (Å²) in [5.41, 5.74) is 1.23. The van der Waals surface area contributed by atoms with Gasteiger partial charge in [0.15, 0.2) is 11.9 Å². The SMILES string of the molecule is OC(c1cc(-c2ccc(Cl)cc2Cl)no1)c1nccs1. The maximum atomic E-state index is 10.1. The molecule has 1 atom stereocenters. The van der Waals surface area contributed by atoms with Crippen molar-refractivity contribution in [2.24, 2.45) is 0 Å². The smallest absolute Gasteiger partial charge is 0.172 e. The van der Waals surface area contributed by atoms with Gasteiger partial charge >= 0.3 is 0 Å². The maximum absolute atomic E-state index is 10.1. The van der Waals surface area contributed by atoms with Crippen LogP contribution in [0.15, 0.2) is 40.4 Å². The number of aromatic nitrogens is 2. The molecular formula is C13H8Cl2N2O2S. The van der Waals surface area contributed by atoms with Crippen LogP contribution in [0.4, 0.5) is 0 Å². The summed E-state index contributed by atoms with van der Waals surface area (Å²) in [4.78, 5) is 4.04. The van der Waals surface area contributed by atoms with E-state index in [2.05, 4.69) is 10.1 Å². The number of rotatable bonds is 3. The van der Waals surface area contributed by atoms with Crippen LogP contribution in [0, 0.1) is 0 Å². The monoisotopic (exact) mass is 326 g/mol. The lowest BCUT2D eigenvalue weighted by atomic mass is 10.1. The fraction of sp³-hybridized carbons (Fsp3) is 0.0769. The number of halogens is 2. The van der Waals surface area contributed by atoms with Gasteiger partial charge in [-0.2, -0.15) is 0 Å². The summed E-state index contributed by atoms with van der Waals surface area (Å²) in [5, 5.41) is 17.4. The van der Waals surface area contributed by atoms with E-state index in [-0.39, 0.29) is 0 Å². The van der Waals surface area contributed by atoms with Crippen molar-refractivity contribution in [1.82, 2.24) is 10.1 Å². The lowest BCUT2D eigenvalue weighted by Gasteiger charge is -2.01. The third kappa shape index (κ3) is 2.58. The molecule has 4 nitrogen and oxygen atoms in total. The third-order valence-electron chi connectivity index (χ3n) is 2.69.